The van der Waals surface area contributed by atoms with Crippen molar-refractivity contribution >= 4 is 0 Å². The fourth-order valence-electron chi connectivity index (χ4n) is 2.31. The molecule has 0 radical (unpaired) electrons. The second-order valence-electron chi connectivity index (χ2n) is 5.11. The van der Waals surface area contributed by atoms with Crippen LogP contribution < -0.4 is 0 Å². The first kappa shape index (κ1) is 13.6. The SMILES string of the molecule is CCCC(CC)c1ccc(COCC2CO2)cc1. The normalized spacial score (nSPS) is 19.8. The summed E-state index contributed by atoms with van der Waals surface area (Å²) in [4.78, 5) is 0. The van der Waals surface area contributed by atoms with Gasteiger partial charge in [-0.2, -0.15) is 0 Å². The van der Waals surface area contributed by atoms with Crippen LogP contribution in [0.2, 0.25) is 0 Å². The summed E-state index contributed by atoms with van der Waals surface area (Å²) in [6, 6.07) is 8.91. The largest absolute Gasteiger partial charge is 0.374 e. The third-order valence-corrected chi connectivity index (χ3v) is 3.56. The van der Waals surface area contributed by atoms with E-state index >= 15 is 0 Å². The van der Waals surface area contributed by atoms with Crippen LogP contribution in [0.4, 0.5) is 0 Å². The molecule has 2 unspecified atom stereocenters. The van der Waals surface area contributed by atoms with Gasteiger partial charge in [0.25, 0.3) is 0 Å². The van der Waals surface area contributed by atoms with Gasteiger partial charge in [-0.05, 0) is 29.9 Å². The van der Waals surface area contributed by atoms with Crippen LogP contribution in [0.3, 0.4) is 0 Å². The van der Waals surface area contributed by atoms with Crippen LogP contribution in [0.15, 0.2) is 24.3 Å². The summed E-state index contributed by atoms with van der Waals surface area (Å²) in [6.07, 6.45) is 4.12. The second kappa shape index (κ2) is 6.91. The van der Waals surface area contributed by atoms with Crippen LogP contribution in [-0.4, -0.2) is 19.3 Å². The van der Waals surface area contributed by atoms with E-state index in [-0.39, 0.29) is 0 Å². The first-order valence-electron chi connectivity index (χ1n) is 7.11. The van der Waals surface area contributed by atoms with Crippen LogP contribution in [0.5, 0.6) is 0 Å². The number of epoxide rings is 1. The molecule has 18 heavy (non-hydrogen) atoms. The van der Waals surface area contributed by atoms with E-state index in [1.54, 1.807) is 0 Å². The second-order valence-corrected chi connectivity index (χ2v) is 5.11. The van der Waals surface area contributed by atoms with E-state index in [1.807, 2.05) is 0 Å². The zero-order valence-corrected chi connectivity index (χ0v) is 11.5. The van der Waals surface area contributed by atoms with Crippen molar-refractivity contribution in [1.29, 1.82) is 0 Å². The molecule has 0 amide bonds. The Morgan fingerprint density at radius 1 is 1.28 bits per heavy atom. The van der Waals surface area contributed by atoms with Crippen molar-refractivity contribution in [3.63, 3.8) is 0 Å². The molecule has 0 bridgehead atoms. The molecule has 0 N–H and O–H groups in total. The first-order chi connectivity index (χ1) is 8.83. The molecule has 2 atom stereocenters. The molecule has 2 rings (SSSR count). The summed E-state index contributed by atoms with van der Waals surface area (Å²) < 4.78 is 10.7. The van der Waals surface area contributed by atoms with Crippen LogP contribution in [0, 0.1) is 0 Å². The van der Waals surface area contributed by atoms with Crippen molar-refractivity contribution in [2.24, 2.45) is 0 Å². The van der Waals surface area contributed by atoms with Gasteiger partial charge in [-0.3, -0.25) is 0 Å². The van der Waals surface area contributed by atoms with Gasteiger partial charge < -0.3 is 9.47 Å². The minimum atomic E-state index is 0.360. The van der Waals surface area contributed by atoms with Gasteiger partial charge >= 0.3 is 0 Å². The minimum absolute atomic E-state index is 0.360. The summed E-state index contributed by atoms with van der Waals surface area (Å²) in [5.74, 6) is 0.713. The van der Waals surface area contributed by atoms with Gasteiger partial charge in [0, 0.05) is 0 Å². The predicted octanol–water partition coefficient (Wildman–Crippen LogP) is 3.90. The smallest absolute Gasteiger partial charge is 0.104 e. The Morgan fingerprint density at radius 3 is 2.56 bits per heavy atom. The minimum Gasteiger partial charge on any atom is -0.374 e. The van der Waals surface area contributed by atoms with E-state index in [2.05, 4.69) is 38.1 Å². The monoisotopic (exact) mass is 248 g/mol. The highest BCUT2D eigenvalue weighted by Gasteiger charge is 2.22. The highest BCUT2D eigenvalue weighted by molar-refractivity contribution is 5.25. The first-order valence-corrected chi connectivity index (χ1v) is 7.11. The summed E-state index contributed by atoms with van der Waals surface area (Å²) in [6.45, 7) is 6.83. The fourth-order valence-corrected chi connectivity index (χ4v) is 2.31. The van der Waals surface area contributed by atoms with E-state index in [1.165, 1.54) is 30.4 Å². The highest BCUT2D eigenvalue weighted by atomic mass is 16.6. The summed E-state index contributed by atoms with van der Waals surface area (Å²) in [5.41, 5.74) is 2.72. The van der Waals surface area contributed by atoms with E-state index in [9.17, 15) is 0 Å². The van der Waals surface area contributed by atoms with Crippen molar-refractivity contribution in [2.45, 2.75) is 51.7 Å². The quantitative estimate of drug-likeness (QED) is 0.651. The van der Waals surface area contributed by atoms with Crippen molar-refractivity contribution in [3.8, 4) is 0 Å². The van der Waals surface area contributed by atoms with Crippen LogP contribution in [0.1, 0.15) is 50.2 Å². The number of ether oxygens (including phenoxy) is 2. The Kier molecular flexibility index (Phi) is 5.21. The molecule has 100 valence electrons. The van der Waals surface area contributed by atoms with Crippen molar-refractivity contribution in [1.82, 2.24) is 0 Å². The lowest BCUT2D eigenvalue weighted by atomic mass is 9.92. The zero-order chi connectivity index (χ0) is 12.8. The Balaban J connectivity index is 1.82. The fraction of sp³-hybridized carbons (Fsp3) is 0.625. The highest BCUT2D eigenvalue weighted by Crippen LogP contribution is 2.25. The molecule has 2 nitrogen and oxygen atoms in total. The van der Waals surface area contributed by atoms with E-state index in [4.69, 9.17) is 9.47 Å². The van der Waals surface area contributed by atoms with Crippen LogP contribution in [-0.2, 0) is 16.1 Å². The van der Waals surface area contributed by atoms with Gasteiger partial charge in [-0.1, -0.05) is 44.5 Å². The molecule has 1 aliphatic heterocycles. The third kappa shape index (κ3) is 4.11. The van der Waals surface area contributed by atoms with Gasteiger partial charge in [0.15, 0.2) is 0 Å². The van der Waals surface area contributed by atoms with E-state index < -0.39 is 0 Å². The van der Waals surface area contributed by atoms with Gasteiger partial charge in [-0.15, -0.1) is 0 Å². The van der Waals surface area contributed by atoms with Gasteiger partial charge in [0.2, 0.25) is 0 Å². The molecule has 0 aromatic heterocycles. The van der Waals surface area contributed by atoms with Crippen molar-refractivity contribution in [3.05, 3.63) is 35.4 Å². The molecule has 0 spiro atoms. The molecule has 1 saturated heterocycles. The molecule has 1 fully saturated rings. The lowest BCUT2D eigenvalue weighted by Crippen LogP contribution is -2.02. The van der Waals surface area contributed by atoms with E-state index in [0.29, 0.717) is 18.6 Å². The Morgan fingerprint density at radius 2 is 2.00 bits per heavy atom. The van der Waals surface area contributed by atoms with Crippen LogP contribution in [0.25, 0.3) is 0 Å². The predicted molar refractivity (Wildman–Crippen MR) is 73.8 cm³/mol. The van der Waals surface area contributed by atoms with Gasteiger partial charge in [0.1, 0.15) is 6.10 Å². The average Bonchev–Trinajstić information content (AvgIpc) is 3.21. The Labute approximate surface area is 110 Å². The Hall–Kier alpha value is -0.860. The zero-order valence-electron chi connectivity index (χ0n) is 11.5. The molecule has 2 heteroatoms. The molecule has 1 aromatic carbocycles. The van der Waals surface area contributed by atoms with Crippen LogP contribution >= 0.6 is 0 Å². The molecule has 1 heterocycles. The van der Waals surface area contributed by atoms with E-state index in [0.717, 1.165) is 13.2 Å². The standard InChI is InChI=1S/C16H24O2/c1-3-5-14(4-2)15-8-6-13(7-9-15)10-17-11-16-12-18-16/h6-9,14,16H,3-5,10-12H2,1-2H3. The maximum absolute atomic E-state index is 5.59. The third-order valence-electron chi connectivity index (χ3n) is 3.56. The number of hydrogen-bond donors (Lipinski definition) is 0. The number of hydrogen-bond acceptors (Lipinski definition) is 2. The average molecular weight is 248 g/mol. The summed E-state index contributed by atoms with van der Waals surface area (Å²) in [5, 5.41) is 0. The number of benzene rings is 1. The summed E-state index contributed by atoms with van der Waals surface area (Å²) >= 11 is 0. The Bertz CT molecular complexity index is 341. The van der Waals surface area contributed by atoms with Crippen molar-refractivity contribution < 1.29 is 9.47 Å². The maximum Gasteiger partial charge on any atom is 0.104 e. The van der Waals surface area contributed by atoms with Gasteiger partial charge in [-0.25, -0.2) is 0 Å². The lowest BCUT2D eigenvalue weighted by Gasteiger charge is -2.14. The molecule has 0 saturated carbocycles. The molecular weight excluding hydrogens is 224 g/mol. The molecule has 1 aliphatic rings. The molecule has 1 aromatic rings. The lowest BCUT2D eigenvalue weighted by molar-refractivity contribution is 0.104. The van der Waals surface area contributed by atoms with Gasteiger partial charge in [0.05, 0.1) is 19.8 Å². The molecule has 0 aliphatic carbocycles. The maximum atomic E-state index is 5.59. The topological polar surface area (TPSA) is 21.8 Å². The summed E-state index contributed by atoms with van der Waals surface area (Å²) in [7, 11) is 0. The number of rotatable bonds is 8. The molecular formula is C16H24O2. The van der Waals surface area contributed by atoms with Crippen molar-refractivity contribution in [2.75, 3.05) is 13.2 Å².